The molecule has 8 heteroatoms. The van der Waals surface area contributed by atoms with Crippen molar-refractivity contribution in [1.29, 1.82) is 0 Å². The van der Waals surface area contributed by atoms with Gasteiger partial charge in [-0.1, -0.05) is 18.2 Å². The van der Waals surface area contributed by atoms with E-state index in [0.717, 1.165) is 0 Å². The zero-order valence-corrected chi connectivity index (χ0v) is 13.9. The van der Waals surface area contributed by atoms with Gasteiger partial charge >= 0.3 is 17.7 Å². The van der Waals surface area contributed by atoms with Crippen LogP contribution in [0.3, 0.4) is 0 Å². The van der Waals surface area contributed by atoms with Gasteiger partial charge in [-0.15, -0.1) is 0 Å². The van der Waals surface area contributed by atoms with E-state index >= 15 is 0 Å². The van der Waals surface area contributed by atoms with Crippen LogP contribution in [0.15, 0.2) is 46.9 Å². The predicted octanol–water partition coefficient (Wildman–Crippen LogP) is 1.14. The van der Waals surface area contributed by atoms with Crippen LogP contribution in [0.2, 0.25) is 0 Å². The Morgan fingerprint density at radius 1 is 1.00 bits per heavy atom. The van der Waals surface area contributed by atoms with Crippen molar-refractivity contribution in [3.63, 3.8) is 0 Å². The summed E-state index contributed by atoms with van der Waals surface area (Å²) in [6.45, 7) is 3.58. The highest BCUT2D eigenvalue weighted by molar-refractivity contribution is 6.35. The van der Waals surface area contributed by atoms with Crippen molar-refractivity contribution in [3.8, 4) is 5.75 Å². The van der Waals surface area contributed by atoms with Gasteiger partial charge in [0.2, 0.25) is 0 Å². The molecule has 3 N–H and O–H groups in total. The quantitative estimate of drug-likeness (QED) is 0.556. The second kappa shape index (κ2) is 8.53. The largest absolute Gasteiger partial charge is 0.486 e. The Morgan fingerprint density at radius 2 is 1.72 bits per heavy atom. The van der Waals surface area contributed by atoms with Gasteiger partial charge in [0.15, 0.2) is 5.76 Å². The fraction of sp³-hybridized carbons (Fsp3) is 0.235. The molecule has 1 heterocycles. The maximum Gasteiger partial charge on any atom is 0.327 e. The molecule has 0 saturated carbocycles. The van der Waals surface area contributed by atoms with Crippen molar-refractivity contribution in [1.82, 2.24) is 16.2 Å². The summed E-state index contributed by atoms with van der Waals surface area (Å²) in [6.07, 6.45) is 0. The minimum absolute atomic E-state index is 0.0174. The van der Waals surface area contributed by atoms with Crippen molar-refractivity contribution in [3.05, 3.63) is 54.0 Å². The van der Waals surface area contributed by atoms with Gasteiger partial charge in [-0.3, -0.25) is 25.2 Å². The molecule has 8 nitrogen and oxygen atoms in total. The highest BCUT2D eigenvalue weighted by atomic mass is 16.5. The van der Waals surface area contributed by atoms with Gasteiger partial charge in [-0.2, -0.15) is 0 Å². The topological polar surface area (TPSA) is 110 Å². The Bertz CT molecular complexity index is 740. The molecule has 0 radical (unpaired) electrons. The van der Waals surface area contributed by atoms with Gasteiger partial charge in [-0.05, 0) is 38.1 Å². The Labute approximate surface area is 144 Å². The molecule has 3 amide bonds. The third kappa shape index (κ3) is 5.69. The van der Waals surface area contributed by atoms with Crippen LogP contribution in [0.4, 0.5) is 0 Å². The minimum Gasteiger partial charge on any atom is -0.486 e. The van der Waals surface area contributed by atoms with E-state index in [-0.39, 0.29) is 18.4 Å². The minimum atomic E-state index is -0.971. The molecule has 0 aliphatic heterocycles. The van der Waals surface area contributed by atoms with E-state index in [0.29, 0.717) is 11.5 Å². The van der Waals surface area contributed by atoms with Gasteiger partial charge in [0, 0.05) is 6.04 Å². The summed E-state index contributed by atoms with van der Waals surface area (Å²) >= 11 is 0. The molecule has 0 fully saturated rings. The molecule has 1 aromatic heterocycles. The number of hydrazine groups is 1. The van der Waals surface area contributed by atoms with Gasteiger partial charge in [0.05, 0.1) is 0 Å². The molecular weight excluding hydrogens is 326 g/mol. The van der Waals surface area contributed by atoms with Gasteiger partial charge in [0.25, 0.3) is 0 Å². The van der Waals surface area contributed by atoms with Crippen LogP contribution in [0, 0.1) is 0 Å². The third-order valence-corrected chi connectivity index (χ3v) is 2.93. The summed E-state index contributed by atoms with van der Waals surface area (Å²) in [5, 5.41) is 2.40. The predicted molar refractivity (Wildman–Crippen MR) is 88.4 cm³/mol. The lowest BCUT2D eigenvalue weighted by Gasteiger charge is -2.08. The van der Waals surface area contributed by atoms with Gasteiger partial charge in [0.1, 0.15) is 18.1 Å². The SMILES string of the molecule is CC(C)NC(=O)C(=O)NNC(=O)c1ccc(COc2ccccc2)o1. The fourth-order valence-corrected chi connectivity index (χ4v) is 1.81. The molecule has 1 aromatic carbocycles. The first-order valence-electron chi connectivity index (χ1n) is 7.63. The zero-order valence-electron chi connectivity index (χ0n) is 13.9. The van der Waals surface area contributed by atoms with Crippen LogP contribution in [0.1, 0.15) is 30.2 Å². The number of rotatable bonds is 5. The van der Waals surface area contributed by atoms with Crippen molar-refractivity contribution in [2.45, 2.75) is 26.5 Å². The third-order valence-electron chi connectivity index (χ3n) is 2.93. The first-order valence-corrected chi connectivity index (χ1v) is 7.63. The fourth-order valence-electron chi connectivity index (χ4n) is 1.81. The Balaban J connectivity index is 1.81. The van der Waals surface area contributed by atoms with Crippen molar-refractivity contribution >= 4 is 17.7 Å². The van der Waals surface area contributed by atoms with E-state index in [9.17, 15) is 14.4 Å². The number of carbonyl (C=O) groups is 3. The molecule has 2 aromatic rings. The van der Waals surface area contributed by atoms with E-state index in [1.165, 1.54) is 6.07 Å². The summed E-state index contributed by atoms with van der Waals surface area (Å²) in [7, 11) is 0. The van der Waals surface area contributed by atoms with Crippen molar-refractivity contribution in [2.75, 3.05) is 0 Å². The number of hydrogen-bond acceptors (Lipinski definition) is 5. The van der Waals surface area contributed by atoms with Crippen LogP contribution < -0.4 is 20.9 Å². The Morgan fingerprint density at radius 3 is 2.40 bits per heavy atom. The molecule has 0 aliphatic carbocycles. The van der Waals surface area contributed by atoms with Crippen LogP contribution in [-0.4, -0.2) is 23.8 Å². The van der Waals surface area contributed by atoms with E-state index in [1.807, 2.05) is 23.6 Å². The lowest BCUT2D eigenvalue weighted by Crippen LogP contribution is -2.49. The van der Waals surface area contributed by atoms with Crippen LogP contribution in [0.5, 0.6) is 5.75 Å². The van der Waals surface area contributed by atoms with E-state index in [2.05, 4.69) is 10.7 Å². The average molecular weight is 345 g/mol. The normalized spacial score (nSPS) is 10.2. The number of ether oxygens (including phenoxy) is 1. The van der Waals surface area contributed by atoms with Crippen LogP contribution in [-0.2, 0) is 16.2 Å². The molecule has 0 bridgehead atoms. The maximum atomic E-state index is 11.9. The molecule has 132 valence electrons. The molecule has 2 rings (SSSR count). The van der Waals surface area contributed by atoms with E-state index in [1.54, 1.807) is 32.0 Å². The van der Waals surface area contributed by atoms with Crippen LogP contribution >= 0.6 is 0 Å². The first-order chi connectivity index (χ1) is 12.0. The number of hydrogen-bond donors (Lipinski definition) is 3. The Hall–Kier alpha value is -3.29. The molecular formula is C17H19N3O5. The number of furan rings is 1. The molecule has 0 unspecified atom stereocenters. The number of para-hydroxylation sites is 1. The number of amides is 3. The summed E-state index contributed by atoms with van der Waals surface area (Å²) in [6, 6.07) is 12.0. The summed E-state index contributed by atoms with van der Waals surface area (Å²) in [4.78, 5) is 34.8. The lowest BCUT2D eigenvalue weighted by atomic mass is 10.3. The van der Waals surface area contributed by atoms with Crippen molar-refractivity contribution < 1.29 is 23.5 Å². The maximum absolute atomic E-state index is 11.9. The van der Waals surface area contributed by atoms with Crippen LogP contribution in [0.25, 0.3) is 0 Å². The van der Waals surface area contributed by atoms with E-state index < -0.39 is 17.7 Å². The second-order valence-corrected chi connectivity index (χ2v) is 5.40. The van der Waals surface area contributed by atoms with Crippen molar-refractivity contribution in [2.24, 2.45) is 0 Å². The smallest absolute Gasteiger partial charge is 0.327 e. The summed E-state index contributed by atoms with van der Waals surface area (Å²) in [5.74, 6) is -1.40. The summed E-state index contributed by atoms with van der Waals surface area (Å²) < 4.78 is 10.8. The molecule has 0 spiro atoms. The zero-order chi connectivity index (χ0) is 18.2. The molecule has 25 heavy (non-hydrogen) atoms. The number of nitrogens with one attached hydrogen (secondary N) is 3. The Kier molecular flexibility index (Phi) is 6.16. The average Bonchev–Trinajstić information content (AvgIpc) is 3.07. The summed E-state index contributed by atoms with van der Waals surface area (Å²) in [5.41, 5.74) is 4.12. The first kappa shape index (κ1) is 18.1. The lowest BCUT2D eigenvalue weighted by molar-refractivity contribution is -0.139. The standard InChI is InChI=1S/C17H19N3O5/c1-11(2)18-16(22)17(23)20-19-15(21)14-9-8-13(25-14)10-24-12-6-4-3-5-7-12/h3-9,11H,10H2,1-2H3,(H,18,22)(H,19,21)(H,20,23). The number of benzene rings is 1. The molecule has 0 aliphatic rings. The highest BCUT2D eigenvalue weighted by Gasteiger charge is 2.17. The van der Waals surface area contributed by atoms with E-state index in [4.69, 9.17) is 9.15 Å². The molecule has 0 atom stereocenters. The molecule has 0 saturated heterocycles. The number of carbonyl (C=O) groups excluding carboxylic acids is 3. The second-order valence-electron chi connectivity index (χ2n) is 5.40. The van der Waals surface area contributed by atoms with Gasteiger partial charge < -0.3 is 14.5 Å². The highest BCUT2D eigenvalue weighted by Crippen LogP contribution is 2.13. The monoisotopic (exact) mass is 345 g/mol. The van der Waals surface area contributed by atoms with Gasteiger partial charge in [-0.25, -0.2) is 0 Å².